The highest BCUT2D eigenvalue weighted by Crippen LogP contribution is 2.29. The second-order valence-electron chi connectivity index (χ2n) is 6.54. The fraction of sp³-hybridized carbons (Fsp3) is 0.611. The molecule has 3 rings (SSSR count). The minimum absolute atomic E-state index is 0. The summed E-state index contributed by atoms with van der Waals surface area (Å²) in [5.41, 5.74) is 0.709. The molecule has 0 radical (unpaired) electrons. The van der Waals surface area contributed by atoms with Crippen molar-refractivity contribution in [3.63, 3.8) is 0 Å². The number of carbonyl (C=O) groups is 1. The van der Waals surface area contributed by atoms with Crippen LogP contribution in [0, 0.1) is 11.8 Å². The summed E-state index contributed by atoms with van der Waals surface area (Å²) in [6, 6.07) is 7.48. The summed E-state index contributed by atoms with van der Waals surface area (Å²) < 4.78 is 5.69. The van der Waals surface area contributed by atoms with Gasteiger partial charge in [0.1, 0.15) is 5.75 Å². The van der Waals surface area contributed by atoms with E-state index >= 15 is 0 Å². The third kappa shape index (κ3) is 6.04. The third-order valence-corrected chi connectivity index (χ3v) is 4.54. The van der Waals surface area contributed by atoms with Crippen molar-refractivity contribution in [2.24, 2.45) is 11.8 Å². The number of hydrogen-bond acceptors (Lipinski definition) is 3. The van der Waals surface area contributed by atoms with E-state index in [1.165, 1.54) is 25.7 Å². The summed E-state index contributed by atoms with van der Waals surface area (Å²) in [5, 5.41) is 6.43. The van der Waals surface area contributed by atoms with Crippen LogP contribution in [0.5, 0.6) is 5.75 Å². The van der Waals surface area contributed by atoms with Gasteiger partial charge in [-0.25, -0.2) is 0 Å². The number of ether oxygens (including phenoxy) is 1. The first kappa shape index (κ1) is 18.1. The lowest BCUT2D eigenvalue weighted by atomic mass is 9.96. The van der Waals surface area contributed by atoms with E-state index in [1.54, 1.807) is 0 Å². The number of rotatable bonds is 7. The third-order valence-electron chi connectivity index (χ3n) is 4.54. The molecule has 2 N–H and O–H groups in total. The van der Waals surface area contributed by atoms with Gasteiger partial charge in [0, 0.05) is 12.1 Å². The first-order chi connectivity index (χ1) is 10.8. The molecule has 5 heteroatoms. The molecule has 0 spiro atoms. The van der Waals surface area contributed by atoms with Crippen LogP contribution in [0.25, 0.3) is 0 Å². The maximum atomic E-state index is 12.1. The molecule has 1 unspecified atom stereocenters. The van der Waals surface area contributed by atoms with Crippen molar-refractivity contribution >= 4 is 18.3 Å². The van der Waals surface area contributed by atoms with E-state index in [1.807, 2.05) is 24.3 Å². The van der Waals surface area contributed by atoms with Crippen molar-refractivity contribution < 1.29 is 9.53 Å². The highest BCUT2D eigenvalue weighted by molar-refractivity contribution is 5.94. The lowest BCUT2D eigenvalue weighted by Crippen LogP contribution is -2.33. The Morgan fingerprint density at radius 3 is 2.61 bits per heavy atom. The Hall–Kier alpha value is -1.26. The van der Waals surface area contributed by atoms with Crippen molar-refractivity contribution in [1.29, 1.82) is 0 Å². The second-order valence-corrected chi connectivity index (χ2v) is 6.54. The Labute approximate surface area is 144 Å². The monoisotopic (exact) mass is 338 g/mol. The molecule has 1 aromatic carbocycles. The van der Waals surface area contributed by atoms with E-state index in [4.69, 9.17) is 4.74 Å². The molecule has 1 heterocycles. The molecule has 1 atom stereocenters. The summed E-state index contributed by atoms with van der Waals surface area (Å²) >= 11 is 0. The van der Waals surface area contributed by atoms with Crippen molar-refractivity contribution in [2.75, 3.05) is 26.2 Å². The summed E-state index contributed by atoms with van der Waals surface area (Å²) in [7, 11) is 0. The highest BCUT2D eigenvalue weighted by atomic mass is 35.5. The fourth-order valence-corrected chi connectivity index (χ4v) is 2.86. The van der Waals surface area contributed by atoms with E-state index in [2.05, 4.69) is 10.6 Å². The summed E-state index contributed by atoms with van der Waals surface area (Å²) in [6.45, 7) is 3.78. The first-order valence-electron chi connectivity index (χ1n) is 8.53. The topological polar surface area (TPSA) is 50.4 Å². The van der Waals surface area contributed by atoms with E-state index in [0.717, 1.165) is 44.3 Å². The van der Waals surface area contributed by atoms with Crippen LogP contribution in [0.4, 0.5) is 0 Å². The molecule has 1 aliphatic heterocycles. The predicted molar refractivity (Wildman–Crippen MR) is 94.5 cm³/mol. The Morgan fingerprint density at radius 1 is 1.17 bits per heavy atom. The van der Waals surface area contributed by atoms with Crippen molar-refractivity contribution in [1.82, 2.24) is 10.6 Å². The maximum Gasteiger partial charge on any atom is 0.251 e. The number of piperidine rings is 1. The van der Waals surface area contributed by atoms with Gasteiger partial charge in [0.15, 0.2) is 0 Å². The van der Waals surface area contributed by atoms with E-state index in [9.17, 15) is 4.79 Å². The zero-order chi connectivity index (χ0) is 15.2. The lowest BCUT2D eigenvalue weighted by Gasteiger charge is -2.22. The lowest BCUT2D eigenvalue weighted by molar-refractivity contribution is 0.0950. The minimum Gasteiger partial charge on any atom is -0.493 e. The SMILES string of the molecule is Cl.O=C(NCCC1CCCNC1)c1ccc(OCC2CC2)cc1. The molecule has 1 saturated heterocycles. The number of nitrogens with one attached hydrogen (secondary N) is 2. The Bertz CT molecular complexity index is 482. The van der Waals surface area contributed by atoms with E-state index in [0.29, 0.717) is 11.5 Å². The van der Waals surface area contributed by atoms with Crippen molar-refractivity contribution in [3.05, 3.63) is 29.8 Å². The molecule has 23 heavy (non-hydrogen) atoms. The average molecular weight is 339 g/mol. The molecule has 2 aliphatic rings. The number of halogens is 1. The molecule has 4 nitrogen and oxygen atoms in total. The van der Waals surface area contributed by atoms with Gasteiger partial charge in [-0.3, -0.25) is 4.79 Å². The molecule has 1 aliphatic carbocycles. The predicted octanol–water partition coefficient (Wildman–Crippen LogP) is 3.02. The molecule has 0 bridgehead atoms. The van der Waals surface area contributed by atoms with Crippen LogP contribution in [0.3, 0.4) is 0 Å². The van der Waals surface area contributed by atoms with Crippen LogP contribution in [0.15, 0.2) is 24.3 Å². The van der Waals surface area contributed by atoms with Crippen LogP contribution in [-0.2, 0) is 0 Å². The summed E-state index contributed by atoms with van der Waals surface area (Å²) in [5.74, 6) is 2.32. The van der Waals surface area contributed by atoms with Gasteiger partial charge in [0.05, 0.1) is 6.61 Å². The molecular weight excluding hydrogens is 312 g/mol. The van der Waals surface area contributed by atoms with E-state index in [-0.39, 0.29) is 18.3 Å². The summed E-state index contributed by atoms with van der Waals surface area (Å²) in [4.78, 5) is 12.1. The molecule has 0 aromatic heterocycles. The van der Waals surface area contributed by atoms with E-state index < -0.39 is 0 Å². The van der Waals surface area contributed by atoms with Gasteiger partial charge in [-0.15, -0.1) is 12.4 Å². The second kappa shape index (κ2) is 9.14. The zero-order valence-electron chi connectivity index (χ0n) is 13.6. The maximum absolute atomic E-state index is 12.1. The molecule has 1 saturated carbocycles. The Morgan fingerprint density at radius 2 is 1.96 bits per heavy atom. The number of benzene rings is 1. The minimum atomic E-state index is 0. The van der Waals surface area contributed by atoms with Gasteiger partial charge >= 0.3 is 0 Å². The highest BCUT2D eigenvalue weighted by Gasteiger charge is 2.21. The first-order valence-corrected chi connectivity index (χ1v) is 8.53. The van der Waals surface area contributed by atoms with Crippen molar-refractivity contribution in [2.45, 2.75) is 32.1 Å². The molecule has 1 amide bonds. The zero-order valence-corrected chi connectivity index (χ0v) is 14.4. The summed E-state index contributed by atoms with van der Waals surface area (Å²) in [6.07, 6.45) is 6.16. The average Bonchev–Trinajstić information content (AvgIpc) is 3.39. The normalized spacial score (nSPS) is 20.4. The van der Waals surface area contributed by atoms with Gasteiger partial charge in [-0.05, 0) is 81.3 Å². The van der Waals surface area contributed by atoms with Crippen LogP contribution in [0.2, 0.25) is 0 Å². The van der Waals surface area contributed by atoms with Gasteiger partial charge in [-0.1, -0.05) is 0 Å². The largest absolute Gasteiger partial charge is 0.493 e. The Balaban J connectivity index is 0.00000192. The molecule has 2 fully saturated rings. The number of amides is 1. The van der Waals surface area contributed by atoms with Gasteiger partial charge in [-0.2, -0.15) is 0 Å². The quantitative estimate of drug-likeness (QED) is 0.803. The van der Waals surface area contributed by atoms with Gasteiger partial charge < -0.3 is 15.4 Å². The Kier molecular flexibility index (Phi) is 7.18. The van der Waals surface area contributed by atoms with Crippen LogP contribution < -0.4 is 15.4 Å². The van der Waals surface area contributed by atoms with Crippen LogP contribution in [0.1, 0.15) is 42.5 Å². The molecule has 1 aromatic rings. The van der Waals surface area contributed by atoms with Gasteiger partial charge in [0.2, 0.25) is 0 Å². The molecule has 128 valence electrons. The number of hydrogen-bond donors (Lipinski definition) is 2. The smallest absolute Gasteiger partial charge is 0.251 e. The van der Waals surface area contributed by atoms with Crippen LogP contribution in [-0.4, -0.2) is 32.1 Å². The van der Waals surface area contributed by atoms with Crippen molar-refractivity contribution in [3.8, 4) is 5.75 Å². The van der Waals surface area contributed by atoms with Gasteiger partial charge in [0.25, 0.3) is 5.91 Å². The fourth-order valence-electron chi connectivity index (χ4n) is 2.86. The van der Waals surface area contributed by atoms with Crippen LogP contribution >= 0.6 is 12.4 Å². The number of carbonyl (C=O) groups excluding carboxylic acids is 1. The molecular formula is C18H27ClN2O2. The standard InChI is InChI=1S/C18H26N2O2.ClH/c21-18(20-11-9-14-2-1-10-19-12-14)16-5-7-17(8-6-16)22-13-15-3-4-15;/h5-8,14-15,19H,1-4,9-13H2,(H,20,21);1H.